The van der Waals surface area contributed by atoms with E-state index in [2.05, 4.69) is 0 Å². The molecule has 0 aliphatic rings. The van der Waals surface area contributed by atoms with E-state index in [4.69, 9.17) is 17.7 Å². The van der Waals surface area contributed by atoms with Gasteiger partial charge in [-0.05, 0) is 39.8 Å². The second kappa shape index (κ2) is 15.7. The monoisotopic (exact) mass is 322 g/mol. The molecule has 0 saturated heterocycles. The number of hydrogen-bond donors (Lipinski definition) is 0. The number of hydrogen-bond acceptors (Lipinski definition) is 4. The molecule has 0 spiro atoms. The van der Waals surface area contributed by atoms with Crippen LogP contribution in [0.4, 0.5) is 0 Å². The molecule has 0 radical (unpaired) electrons. The van der Waals surface area contributed by atoms with Gasteiger partial charge in [-0.15, -0.1) is 0 Å². The highest BCUT2D eigenvalue weighted by molar-refractivity contribution is 6.44. The summed E-state index contributed by atoms with van der Waals surface area (Å²) in [6, 6.07) is 2.28. The zero-order valence-corrected chi connectivity index (χ0v) is 16.2. The van der Waals surface area contributed by atoms with Gasteiger partial charge in [0.1, 0.15) is 0 Å². The molecule has 0 amide bonds. The van der Waals surface area contributed by atoms with Crippen LogP contribution in [0.25, 0.3) is 0 Å². The van der Waals surface area contributed by atoms with Crippen molar-refractivity contribution in [2.75, 3.05) is 26.4 Å². The van der Waals surface area contributed by atoms with Gasteiger partial charge in [-0.25, -0.2) is 0 Å². The van der Waals surface area contributed by atoms with Gasteiger partial charge in [0.2, 0.25) is 0 Å². The molecule has 122 valence electrons. The molecule has 0 saturated carbocycles. The Morgan fingerprint density at radius 2 is 0.800 bits per heavy atom. The molecule has 0 aromatic carbocycles. The first kappa shape index (κ1) is 20.3. The van der Waals surface area contributed by atoms with E-state index in [0.29, 0.717) is 0 Å². The Kier molecular flexibility index (Phi) is 15.9. The summed E-state index contributed by atoms with van der Waals surface area (Å²) in [5.74, 6) is 0. The van der Waals surface area contributed by atoms with Crippen LogP contribution in [0.15, 0.2) is 0 Å². The molecule has 0 N–H and O–H groups in total. The fraction of sp³-hybridized carbons (Fsp3) is 1.00. The van der Waals surface area contributed by atoms with E-state index in [1.807, 2.05) is 27.7 Å². The topological polar surface area (TPSA) is 36.9 Å². The average Bonchev–Trinajstić information content (AvgIpc) is 2.43. The molecule has 0 unspecified atom stereocenters. The Morgan fingerprint density at radius 3 is 1.05 bits per heavy atom. The van der Waals surface area contributed by atoms with Crippen LogP contribution < -0.4 is 0 Å². The van der Waals surface area contributed by atoms with Crippen LogP contribution in [-0.2, 0) is 17.7 Å². The van der Waals surface area contributed by atoms with E-state index in [1.165, 1.54) is 25.7 Å². The van der Waals surface area contributed by atoms with E-state index < -0.39 is 18.6 Å². The minimum absolute atomic E-state index is 0.785. The SMILES string of the molecule is CCO[SiH](CCCCCC[SiH](OCC)OCC)OCC. The van der Waals surface area contributed by atoms with Crippen LogP contribution in [0.2, 0.25) is 12.1 Å². The highest BCUT2D eigenvalue weighted by Crippen LogP contribution is 2.12. The first-order valence-corrected chi connectivity index (χ1v) is 11.8. The standard InChI is InChI=1S/C14H34O4Si2/c1-5-15-19(16-6-2)13-11-9-10-12-14-20(17-7-3)18-8-4/h19-20H,5-14H2,1-4H3. The summed E-state index contributed by atoms with van der Waals surface area (Å²) in [6.45, 7) is 11.3. The summed E-state index contributed by atoms with van der Waals surface area (Å²) in [5, 5.41) is 0. The lowest BCUT2D eigenvalue weighted by Gasteiger charge is -2.15. The molecule has 0 bridgehead atoms. The zero-order valence-electron chi connectivity index (χ0n) is 13.9. The molecule has 0 fully saturated rings. The normalized spacial score (nSPS) is 11.7. The minimum atomic E-state index is -1.37. The van der Waals surface area contributed by atoms with Crippen LogP contribution in [0, 0.1) is 0 Å². The van der Waals surface area contributed by atoms with Crippen molar-refractivity contribution in [2.24, 2.45) is 0 Å². The summed E-state index contributed by atoms with van der Waals surface area (Å²) < 4.78 is 22.7. The van der Waals surface area contributed by atoms with Crippen molar-refractivity contribution >= 4 is 18.6 Å². The molecule has 0 rings (SSSR count). The van der Waals surface area contributed by atoms with Gasteiger partial charge < -0.3 is 17.7 Å². The second-order valence-corrected chi connectivity index (χ2v) is 8.88. The third-order valence-electron chi connectivity index (χ3n) is 3.04. The summed E-state index contributed by atoms with van der Waals surface area (Å²) in [6.07, 6.45) is 4.99. The Hall–Kier alpha value is 0.274. The minimum Gasteiger partial charge on any atom is -0.397 e. The molecule has 0 aliphatic carbocycles. The van der Waals surface area contributed by atoms with Crippen LogP contribution >= 0.6 is 0 Å². The smallest absolute Gasteiger partial charge is 0.321 e. The van der Waals surface area contributed by atoms with E-state index in [1.54, 1.807) is 0 Å². The molecule has 6 heteroatoms. The summed E-state index contributed by atoms with van der Waals surface area (Å²) >= 11 is 0. The van der Waals surface area contributed by atoms with E-state index in [0.717, 1.165) is 38.5 Å². The maximum absolute atomic E-state index is 5.67. The van der Waals surface area contributed by atoms with Crippen LogP contribution in [0.5, 0.6) is 0 Å². The Bertz CT molecular complexity index is 164. The highest BCUT2D eigenvalue weighted by atomic mass is 28.3. The zero-order chi connectivity index (χ0) is 15.1. The Morgan fingerprint density at radius 1 is 0.500 bits per heavy atom. The molecule has 0 aliphatic heterocycles. The van der Waals surface area contributed by atoms with Crippen LogP contribution in [0.3, 0.4) is 0 Å². The van der Waals surface area contributed by atoms with Crippen molar-refractivity contribution in [3.8, 4) is 0 Å². The molecule has 20 heavy (non-hydrogen) atoms. The van der Waals surface area contributed by atoms with Gasteiger partial charge in [-0.1, -0.05) is 25.7 Å². The summed E-state index contributed by atoms with van der Waals surface area (Å²) in [4.78, 5) is 0. The van der Waals surface area contributed by atoms with Gasteiger partial charge in [0.25, 0.3) is 0 Å². The lowest BCUT2D eigenvalue weighted by molar-refractivity contribution is 0.211. The molecule has 0 atom stereocenters. The third-order valence-corrected chi connectivity index (χ3v) is 7.62. The second-order valence-electron chi connectivity index (χ2n) is 4.67. The van der Waals surface area contributed by atoms with Gasteiger partial charge in [0.05, 0.1) is 0 Å². The lowest BCUT2D eigenvalue weighted by Crippen LogP contribution is -2.23. The average molecular weight is 323 g/mol. The molecule has 0 aromatic rings. The van der Waals surface area contributed by atoms with Crippen LogP contribution in [0.1, 0.15) is 53.4 Å². The van der Waals surface area contributed by atoms with Crippen LogP contribution in [-0.4, -0.2) is 45.0 Å². The summed E-state index contributed by atoms with van der Waals surface area (Å²) in [7, 11) is -2.74. The van der Waals surface area contributed by atoms with Crippen molar-refractivity contribution in [1.29, 1.82) is 0 Å². The quantitative estimate of drug-likeness (QED) is 0.343. The van der Waals surface area contributed by atoms with E-state index >= 15 is 0 Å². The van der Waals surface area contributed by atoms with Gasteiger partial charge in [-0.3, -0.25) is 0 Å². The van der Waals surface area contributed by atoms with Crippen molar-refractivity contribution in [1.82, 2.24) is 0 Å². The Balaban J connectivity index is 3.53. The molecule has 0 heterocycles. The molecule has 0 aromatic heterocycles. The fourth-order valence-electron chi connectivity index (χ4n) is 2.15. The molecular weight excluding hydrogens is 288 g/mol. The van der Waals surface area contributed by atoms with Gasteiger partial charge >= 0.3 is 18.6 Å². The van der Waals surface area contributed by atoms with Crippen molar-refractivity contribution < 1.29 is 17.7 Å². The summed E-state index contributed by atoms with van der Waals surface area (Å²) in [5.41, 5.74) is 0. The van der Waals surface area contributed by atoms with Crippen molar-refractivity contribution in [3.63, 3.8) is 0 Å². The van der Waals surface area contributed by atoms with Gasteiger partial charge in [-0.2, -0.15) is 0 Å². The van der Waals surface area contributed by atoms with Gasteiger partial charge in [0.15, 0.2) is 0 Å². The largest absolute Gasteiger partial charge is 0.397 e. The first-order valence-electron chi connectivity index (χ1n) is 8.24. The number of unbranched alkanes of at least 4 members (excludes halogenated alkanes) is 3. The van der Waals surface area contributed by atoms with E-state index in [9.17, 15) is 0 Å². The predicted molar refractivity (Wildman–Crippen MR) is 88.9 cm³/mol. The Labute approximate surface area is 128 Å². The fourth-order valence-corrected chi connectivity index (χ4v) is 5.74. The molecule has 4 nitrogen and oxygen atoms in total. The third kappa shape index (κ3) is 12.0. The number of rotatable bonds is 15. The van der Waals surface area contributed by atoms with Crippen molar-refractivity contribution in [3.05, 3.63) is 0 Å². The maximum atomic E-state index is 5.67. The van der Waals surface area contributed by atoms with Gasteiger partial charge in [0, 0.05) is 26.4 Å². The maximum Gasteiger partial charge on any atom is 0.321 e. The lowest BCUT2D eigenvalue weighted by atomic mass is 10.2. The van der Waals surface area contributed by atoms with Crippen molar-refractivity contribution in [2.45, 2.75) is 65.5 Å². The first-order chi connectivity index (χ1) is 9.78. The highest BCUT2D eigenvalue weighted by Gasteiger charge is 2.13. The predicted octanol–water partition coefficient (Wildman–Crippen LogP) is 3.13. The van der Waals surface area contributed by atoms with E-state index in [-0.39, 0.29) is 0 Å². The molecular formula is C14H34O4Si2.